The number of aromatic nitrogens is 2. The average Bonchev–Trinajstić information content (AvgIpc) is 2.48. The van der Waals surface area contributed by atoms with Crippen LogP contribution in [0.4, 0.5) is 4.39 Å². The van der Waals surface area contributed by atoms with Gasteiger partial charge >= 0.3 is 0 Å². The first-order chi connectivity index (χ1) is 9.74. The minimum absolute atomic E-state index is 0.407. The number of aliphatic hydroxyl groups is 1. The number of aliphatic hydroxyl groups excluding tert-OH is 1. The van der Waals surface area contributed by atoms with Gasteiger partial charge in [-0.3, -0.25) is 9.97 Å². The Hall–Kier alpha value is -2.33. The van der Waals surface area contributed by atoms with E-state index >= 15 is 0 Å². The number of para-hydroxylation sites is 1. The van der Waals surface area contributed by atoms with Crippen molar-refractivity contribution in [3.63, 3.8) is 0 Å². The third-order valence-electron chi connectivity index (χ3n) is 3.24. The van der Waals surface area contributed by atoms with Gasteiger partial charge in [0.05, 0.1) is 23.5 Å². The molecule has 3 nitrogen and oxygen atoms in total. The third kappa shape index (κ3) is 2.51. The van der Waals surface area contributed by atoms with Gasteiger partial charge in [0.15, 0.2) is 0 Å². The van der Waals surface area contributed by atoms with Gasteiger partial charge in [-0.25, -0.2) is 4.39 Å². The van der Waals surface area contributed by atoms with Crippen LogP contribution in [0.5, 0.6) is 0 Å². The smallest absolute Gasteiger partial charge is 0.141 e. The van der Waals surface area contributed by atoms with Crippen molar-refractivity contribution < 1.29 is 9.50 Å². The van der Waals surface area contributed by atoms with Crippen LogP contribution in [0, 0.1) is 5.82 Å². The summed E-state index contributed by atoms with van der Waals surface area (Å²) in [5.41, 5.74) is 2.35. The molecule has 1 atom stereocenters. The fourth-order valence-electron chi connectivity index (χ4n) is 2.23. The zero-order chi connectivity index (χ0) is 13.9. The normalized spacial score (nSPS) is 12.5. The van der Waals surface area contributed by atoms with Crippen LogP contribution in [0.25, 0.3) is 10.9 Å². The van der Waals surface area contributed by atoms with Gasteiger partial charge in [-0.05, 0) is 29.8 Å². The van der Waals surface area contributed by atoms with E-state index in [0.717, 1.165) is 22.7 Å². The van der Waals surface area contributed by atoms with Crippen molar-refractivity contribution >= 4 is 10.9 Å². The van der Waals surface area contributed by atoms with Gasteiger partial charge < -0.3 is 5.11 Å². The van der Waals surface area contributed by atoms with Crippen LogP contribution < -0.4 is 0 Å². The van der Waals surface area contributed by atoms with Gasteiger partial charge in [-0.2, -0.15) is 0 Å². The van der Waals surface area contributed by atoms with Crippen LogP contribution in [-0.2, 0) is 6.42 Å². The Morgan fingerprint density at radius 1 is 1.05 bits per heavy atom. The van der Waals surface area contributed by atoms with Crippen molar-refractivity contribution in [3.8, 4) is 0 Å². The fourth-order valence-corrected chi connectivity index (χ4v) is 2.23. The second kappa shape index (κ2) is 5.35. The van der Waals surface area contributed by atoms with Gasteiger partial charge in [0.25, 0.3) is 0 Å². The Morgan fingerprint density at radius 2 is 1.90 bits per heavy atom. The molecule has 0 saturated carbocycles. The molecule has 0 aliphatic rings. The zero-order valence-corrected chi connectivity index (χ0v) is 10.7. The van der Waals surface area contributed by atoms with Crippen molar-refractivity contribution in [3.05, 3.63) is 71.9 Å². The van der Waals surface area contributed by atoms with Crippen LogP contribution in [0.2, 0.25) is 0 Å². The topological polar surface area (TPSA) is 46.0 Å². The Bertz CT molecular complexity index is 723. The molecule has 0 aliphatic carbocycles. The Labute approximate surface area is 115 Å². The van der Waals surface area contributed by atoms with E-state index in [9.17, 15) is 9.50 Å². The number of pyridine rings is 2. The summed E-state index contributed by atoms with van der Waals surface area (Å²) in [7, 11) is 0. The van der Waals surface area contributed by atoms with Crippen LogP contribution >= 0.6 is 0 Å². The number of hydrogen-bond acceptors (Lipinski definition) is 3. The molecule has 1 aromatic carbocycles. The SMILES string of the molecule is OC(Cc1ccnc2ccccc12)c1ccc(F)cn1. The standard InChI is InChI=1S/C16H13FN2O/c17-12-5-6-15(19-10-12)16(20)9-11-7-8-18-14-4-2-1-3-13(11)14/h1-8,10,16,20H,9H2. The maximum Gasteiger partial charge on any atom is 0.141 e. The largest absolute Gasteiger partial charge is 0.386 e. The maximum absolute atomic E-state index is 12.8. The number of hydrogen-bond donors (Lipinski definition) is 1. The second-order valence-electron chi connectivity index (χ2n) is 4.61. The van der Waals surface area contributed by atoms with Crippen LogP contribution in [-0.4, -0.2) is 15.1 Å². The van der Waals surface area contributed by atoms with Crippen molar-refractivity contribution in [2.24, 2.45) is 0 Å². The molecule has 0 aliphatic heterocycles. The fraction of sp³-hybridized carbons (Fsp3) is 0.125. The maximum atomic E-state index is 12.8. The van der Waals surface area contributed by atoms with Crippen molar-refractivity contribution in [2.75, 3.05) is 0 Å². The molecule has 0 spiro atoms. The number of fused-ring (bicyclic) bond motifs is 1. The summed E-state index contributed by atoms with van der Waals surface area (Å²) in [6, 6.07) is 12.5. The summed E-state index contributed by atoms with van der Waals surface area (Å²) in [6.07, 6.45) is 2.49. The molecule has 3 aromatic rings. The number of benzene rings is 1. The lowest BCUT2D eigenvalue weighted by molar-refractivity contribution is 0.174. The van der Waals surface area contributed by atoms with E-state index in [-0.39, 0.29) is 0 Å². The van der Waals surface area contributed by atoms with E-state index in [1.54, 1.807) is 6.20 Å². The minimum atomic E-state index is -0.763. The molecule has 4 heteroatoms. The van der Waals surface area contributed by atoms with Gasteiger partial charge in [-0.15, -0.1) is 0 Å². The molecule has 3 rings (SSSR count). The molecule has 0 radical (unpaired) electrons. The van der Waals surface area contributed by atoms with Crippen LogP contribution in [0.1, 0.15) is 17.4 Å². The second-order valence-corrected chi connectivity index (χ2v) is 4.61. The summed E-state index contributed by atoms with van der Waals surface area (Å²) in [6.45, 7) is 0. The Balaban J connectivity index is 1.91. The summed E-state index contributed by atoms with van der Waals surface area (Å²) in [4.78, 5) is 8.20. The predicted molar refractivity (Wildman–Crippen MR) is 74.6 cm³/mol. The van der Waals surface area contributed by atoms with E-state index < -0.39 is 11.9 Å². The molecule has 100 valence electrons. The lowest BCUT2D eigenvalue weighted by Crippen LogP contribution is -2.05. The van der Waals surface area contributed by atoms with Crippen molar-refractivity contribution in [1.82, 2.24) is 9.97 Å². The first-order valence-electron chi connectivity index (χ1n) is 6.36. The highest BCUT2D eigenvalue weighted by Gasteiger charge is 2.12. The molecule has 0 fully saturated rings. The van der Waals surface area contributed by atoms with Crippen LogP contribution in [0.3, 0.4) is 0 Å². The molecule has 20 heavy (non-hydrogen) atoms. The van der Waals surface area contributed by atoms with E-state index in [0.29, 0.717) is 12.1 Å². The zero-order valence-electron chi connectivity index (χ0n) is 10.7. The minimum Gasteiger partial charge on any atom is -0.386 e. The van der Waals surface area contributed by atoms with E-state index in [1.165, 1.54) is 12.1 Å². The lowest BCUT2D eigenvalue weighted by Gasteiger charge is -2.11. The van der Waals surface area contributed by atoms with Crippen molar-refractivity contribution in [2.45, 2.75) is 12.5 Å². The molecule has 0 bridgehead atoms. The Morgan fingerprint density at radius 3 is 2.70 bits per heavy atom. The quantitative estimate of drug-likeness (QED) is 0.794. The van der Waals surface area contributed by atoms with Gasteiger partial charge in [0, 0.05) is 18.0 Å². The Kier molecular flexibility index (Phi) is 3.39. The van der Waals surface area contributed by atoms with E-state index in [4.69, 9.17) is 0 Å². The lowest BCUT2D eigenvalue weighted by atomic mass is 10.0. The molecular weight excluding hydrogens is 255 g/mol. The molecule has 2 aromatic heterocycles. The van der Waals surface area contributed by atoms with Gasteiger partial charge in [0.1, 0.15) is 5.82 Å². The summed E-state index contributed by atoms with van der Waals surface area (Å²) in [5.74, 6) is -0.407. The first kappa shape index (κ1) is 12.7. The molecule has 0 amide bonds. The van der Waals surface area contributed by atoms with Crippen LogP contribution in [0.15, 0.2) is 54.9 Å². The highest BCUT2D eigenvalue weighted by Crippen LogP contribution is 2.22. The number of nitrogens with zero attached hydrogens (tertiary/aromatic N) is 2. The first-order valence-corrected chi connectivity index (χ1v) is 6.36. The molecule has 1 unspecified atom stereocenters. The summed E-state index contributed by atoms with van der Waals surface area (Å²) >= 11 is 0. The monoisotopic (exact) mass is 268 g/mol. The molecule has 2 heterocycles. The molecule has 0 saturated heterocycles. The van der Waals surface area contributed by atoms with E-state index in [1.807, 2.05) is 30.3 Å². The average molecular weight is 268 g/mol. The molecule has 1 N–H and O–H groups in total. The summed E-state index contributed by atoms with van der Waals surface area (Å²) < 4.78 is 12.8. The third-order valence-corrected chi connectivity index (χ3v) is 3.24. The highest BCUT2D eigenvalue weighted by atomic mass is 19.1. The number of halogens is 1. The summed E-state index contributed by atoms with van der Waals surface area (Å²) in [5, 5.41) is 11.2. The van der Waals surface area contributed by atoms with Gasteiger partial charge in [0.2, 0.25) is 0 Å². The number of rotatable bonds is 3. The van der Waals surface area contributed by atoms with E-state index in [2.05, 4.69) is 9.97 Å². The molecular formula is C16H13FN2O. The highest BCUT2D eigenvalue weighted by molar-refractivity contribution is 5.81. The predicted octanol–water partition coefficient (Wildman–Crippen LogP) is 3.05. The van der Waals surface area contributed by atoms with Gasteiger partial charge in [-0.1, -0.05) is 18.2 Å². The van der Waals surface area contributed by atoms with Crippen molar-refractivity contribution in [1.29, 1.82) is 0 Å².